The number of ketones is 1. The third-order valence-electron chi connectivity index (χ3n) is 5.45. The Morgan fingerprint density at radius 1 is 1.14 bits per heavy atom. The van der Waals surface area contributed by atoms with Crippen LogP contribution in [0.25, 0.3) is 0 Å². The smallest absolute Gasteiger partial charge is 0.161 e. The lowest BCUT2D eigenvalue weighted by Crippen LogP contribution is -2.38. The second kappa shape index (κ2) is 8.10. The number of carbonyl (C=O) groups excluding carboxylic acids is 1. The van der Waals surface area contributed by atoms with Crippen LogP contribution in [0.15, 0.2) is 80.6 Å². The van der Waals surface area contributed by atoms with Crippen molar-refractivity contribution in [2.45, 2.75) is 30.1 Å². The highest BCUT2D eigenvalue weighted by molar-refractivity contribution is 9.10. The predicted octanol–water partition coefficient (Wildman–Crippen LogP) is 5.48. The van der Waals surface area contributed by atoms with E-state index in [2.05, 4.69) is 22.0 Å². The minimum atomic E-state index is -0.412. The van der Waals surface area contributed by atoms with Crippen molar-refractivity contribution in [1.82, 2.24) is 0 Å². The van der Waals surface area contributed by atoms with Crippen LogP contribution in [0.5, 0.6) is 0 Å². The molecular weight excluding hydrogens is 446 g/mol. The molecule has 2 aliphatic rings. The van der Waals surface area contributed by atoms with Gasteiger partial charge in [0.05, 0.1) is 17.6 Å². The molecule has 0 aromatic heterocycles. The molecule has 146 valence electrons. The van der Waals surface area contributed by atoms with Crippen molar-refractivity contribution in [3.8, 4) is 6.07 Å². The number of thioether (sulfide) groups is 1. The SMILES string of the molecule is CSc1ccc([C@@H]2C(C#N)=C(N)N(c3ccc(Br)cc3)C3=C2C(=O)CCC3)cc1. The number of halogens is 1. The molecular formula is C23H20BrN3OS. The van der Waals surface area contributed by atoms with Crippen molar-refractivity contribution in [2.75, 3.05) is 11.2 Å². The topological polar surface area (TPSA) is 70.1 Å². The van der Waals surface area contributed by atoms with Crippen LogP contribution in [0.1, 0.15) is 30.7 Å². The number of hydrogen-bond donors (Lipinski definition) is 1. The van der Waals surface area contributed by atoms with Crippen LogP contribution in [0.2, 0.25) is 0 Å². The molecule has 0 saturated heterocycles. The van der Waals surface area contributed by atoms with Crippen molar-refractivity contribution in [3.05, 3.63) is 81.2 Å². The van der Waals surface area contributed by atoms with Gasteiger partial charge in [0.1, 0.15) is 5.82 Å². The molecule has 2 N–H and O–H groups in total. The minimum absolute atomic E-state index is 0.104. The number of nitrogens with zero attached hydrogens (tertiary/aromatic N) is 2. The van der Waals surface area contributed by atoms with E-state index in [4.69, 9.17) is 5.73 Å². The first-order valence-corrected chi connectivity index (χ1v) is 11.4. The summed E-state index contributed by atoms with van der Waals surface area (Å²) in [6, 6.07) is 18.1. The number of benzene rings is 2. The number of anilines is 1. The fraction of sp³-hybridized carbons (Fsp3) is 0.217. The highest BCUT2D eigenvalue weighted by Crippen LogP contribution is 2.46. The molecule has 0 unspecified atom stereocenters. The maximum atomic E-state index is 13.1. The van der Waals surface area contributed by atoms with Gasteiger partial charge in [-0.1, -0.05) is 28.1 Å². The number of nitriles is 1. The van der Waals surface area contributed by atoms with E-state index in [1.54, 1.807) is 11.8 Å². The molecule has 29 heavy (non-hydrogen) atoms. The normalized spacial score (nSPS) is 19.3. The summed E-state index contributed by atoms with van der Waals surface area (Å²) in [4.78, 5) is 16.1. The van der Waals surface area contributed by atoms with E-state index in [1.807, 2.05) is 59.7 Å². The molecule has 2 aromatic rings. The summed E-state index contributed by atoms with van der Waals surface area (Å²) in [5.41, 5.74) is 10.4. The zero-order valence-electron chi connectivity index (χ0n) is 16.0. The Morgan fingerprint density at radius 2 is 1.83 bits per heavy atom. The molecule has 0 fully saturated rings. The first-order chi connectivity index (χ1) is 14.0. The Labute approximate surface area is 183 Å². The van der Waals surface area contributed by atoms with E-state index >= 15 is 0 Å². The summed E-state index contributed by atoms with van der Waals surface area (Å²) >= 11 is 5.12. The number of rotatable bonds is 3. The van der Waals surface area contributed by atoms with Crippen molar-refractivity contribution in [2.24, 2.45) is 5.73 Å². The van der Waals surface area contributed by atoms with Gasteiger partial charge in [-0.15, -0.1) is 11.8 Å². The summed E-state index contributed by atoms with van der Waals surface area (Å²) in [5.74, 6) is 0.0974. The van der Waals surface area contributed by atoms with Crippen molar-refractivity contribution < 1.29 is 4.79 Å². The van der Waals surface area contributed by atoms with E-state index in [9.17, 15) is 10.1 Å². The minimum Gasteiger partial charge on any atom is -0.384 e. The van der Waals surface area contributed by atoms with E-state index in [0.717, 1.165) is 39.2 Å². The van der Waals surface area contributed by atoms with E-state index < -0.39 is 5.92 Å². The number of Topliss-reactive ketones (excluding diaryl/α,β-unsaturated/α-hetero) is 1. The lowest BCUT2D eigenvalue weighted by molar-refractivity contribution is -0.116. The van der Waals surface area contributed by atoms with Crippen molar-refractivity contribution in [1.29, 1.82) is 5.26 Å². The average molecular weight is 466 g/mol. The molecule has 1 atom stereocenters. The van der Waals surface area contributed by atoms with E-state index in [-0.39, 0.29) is 5.78 Å². The lowest BCUT2D eigenvalue weighted by atomic mass is 9.75. The van der Waals surface area contributed by atoms with E-state index in [0.29, 0.717) is 23.4 Å². The fourth-order valence-electron chi connectivity index (χ4n) is 4.10. The van der Waals surface area contributed by atoms with Crippen LogP contribution in [0, 0.1) is 11.3 Å². The quantitative estimate of drug-likeness (QED) is 0.607. The van der Waals surface area contributed by atoms with Crippen molar-refractivity contribution in [3.63, 3.8) is 0 Å². The predicted molar refractivity (Wildman–Crippen MR) is 120 cm³/mol. The molecule has 1 aliphatic carbocycles. The van der Waals surface area contributed by atoms with Crippen LogP contribution in [-0.2, 0) is 4.79 Å². The summed E-state index contributed by atoms with van der Waals surface area (Å²) in [6.45, 7) is 0. The Bertz CT molecular complexity index is 1060. The van der Waals surface area contributed by atoms with Gasteiger partial charge >= 0.3 is 0 Å². The Morgan fingerprint density at radius 3 is 2.45 bits per heavy atom. The largest absolute Gasteiger partial charge is 0.384 e. The van der Waals surface area contributed by atoms with Gasteiger partial charge < -0.3 is 5.73 Å². The third kappa shape index (κ3) is 3.50. The standard InChI is InChI=1S/C23H20BrN3OS/c1-29-17-11-5-14(6-12-17)21-18(13-25)23(26)27(16-9-7-15(24)8-10-16)19-3-2-4-20(28)22(19)21/h5-12,21H,2-4,26H2,1H3/t21-/m1/s1. The number of nitrogens with two attached hydrogens (primary N) is 1. The number of carbonyl (C=O) groups is 1. The monoisotopic (exact) mass is 465 g/mol. The zero-order chi connectivity index (χ0) is 20.5. The summed E-state index contributed by atoms with van der Waals surface area (Å²) in [6.07, 6.45) is 4.08. The van der Waals surface area contributed by atoms with Gasteiger partial charge in [-0.3, -0.25) is 9.69 Å². The maximum absolute atomic E-state index is 13.1. The molecule has 4 nitrogen and oxygen atoms in total. The van der Waals surface area contributed by atoms with Gasteiger partial charge in [0.25, 0.3) is 0 Å². The van der Waals surface area contributed by atoms with Crippen LogP contribution < -0.4 is 10.6 Å². The second-order valence-electron chi connectivity index (χ2n) is 7.07. The lowest BCUT2D eigenvalue weighted by Gasteiger charge is -2.39. The molecule has 0 amide bonds. The summed E-state index contributed by atoms with van der Waals surface area (Å²) in [5, 5.41) is 10.0. The van der Waals surface area contributed by atoms with Crippen LogP contribution in [-0.4, -0.2) is 12.0 Å². The van der Waals surface area contributed by atoms with Gasteiger partial charge in [0.2, 0.25) is 0 Å². The van der Waals surface area contributed by atoms with Gasteiger partial charge in [-0.05, 0) is 61.1 Å². The van der Waals surface area contributed by atoms with Crippen LogP contribution >= 0.6 is 27.7 Å². The fourth-order valence-corrected chi connectivity index (χ4v) is 4.77. The summed E-state index contributed by atoms with van der Waals surface area (Å²) in [7, 11) is 0. The molecule has 2 aromatic carbocycles. The maximum Gasteiger partial charge on any atom is 0.161 e. The second-order valence-corrected chi connectivity index (χ2v) is 8.86. The molecule has 0 saturated carbocycles. The van der Waals surface area contributed by atoms with Crippen LogP contribution in [0.4, 0.5) is 5.69 Å². The molecule has 0 radical (unpaired) electrons. The van der Waals surface area contributed by atoms with Gasteiger partial charge in [0.15, 0.2) is 5.78 Å². The Hall–Kier alpha value is -2.49. The molecule has 1 heterocycles. The van der Waals surface area contributed by atoms with E-state index in [1.165, 1.54) is 0 Å². The highest BCUT2D eigenvalue weighted by Gasteiger charge is 2.40. The molecule has 0 spiro atoms. The van der Waals surface area contributed by atoms with Gasteiger partial charge in [-0.25, -0.2) is 0 Å². The third-order valence-corrected chi connectivity index (χ3v) is 6.72. The summed E-state index contributed by atoms with van der Waals surface area (Å²) < 4.78 is 0.960. The zero-order valence-corrected chi connectivity index (χ0v) is 18.4. The first-order valence-electron chi connectivity index (χ1n) is 9.40. The first kappa shape index (κ1) is 19.8. The Kier molecular flexibility index (Phi) is 5.53. The molecule has 6 heteroatoms. The molecule has 0 bridgehead atoms. The van der Waals surface area contributed by atoms with Gasteiger partial charge in [-0.2, -0.15) is 5.26 Å². The average Bonchev–Trinajstić information content (AvgIpc) is 2.74. The molecule has 4 rings (SSSR count). The molecule has 1 aliphatic heterocycles. The van der Waals surface area contributed by atoms with Crippen molar-refractivity contribution >= 4 is 39.2 Å². The highest BCUT2D eigenvalue weighted by atomic mass is 79.9. The Balaban J connectivity index is 1.92. The number of allylic oxidation sites excluding steroid dienone is 3. The number of hydrogen-bond acceptors (Lipinski definition) is 5. The van der Waals surface area contributed by atoms with Crippen LogP contribution in [0.3, 0.4) is 0 Å². The van der Waals surface area contributed by atoms with Gasteiger partial charge in [0, 0.05) is 32.7 Å².